The molecular weight excluding hydrogens is 196 g/mol. The molecule has 10 heavy (non-hydrogen) atoms. The van der Waals surface area contributed by atoms with E-state index in [2.05, 4.69) is 0 Å². The van der Waals surface area contributed by atoms with Gasteiger partial charge in [-0.2, -0.15) is 0 Å². The molecule has 0 bridgehead atoms. The maximum Gasteiger partial charge on any atom is 1.00 e. The van der Waals surface area contributed by atoms with Gasteiger partial charge in [0, 0.05) is 0 Å². The molecule has 1 rings (SSSR count). The Kier molecular flexibility index (Phi) is 15.4. The van der Waals surface area contributed by atoms with Crippen molar-refractivity contribution in [2.45, 2.75) is 52.0 Å². The molecule has 0 amide bonds. The Morgan fingerprint density at radius 1 is 1.00 bits per heavy atom. The van der Waals surface area contributed by atoms with Gasteiger partial charge in [-0.15, -0.1) is 6.04 Å². The normalized spacial score (nSPS) is 18.3. The van der Waals surface area contributed by atoms with E-state index in [0.29, 0.717) is 0 Å². The molecule has 1 N–H and O–H groups in total. The summed E-state index contributed by atoms with van der Waals surface area (Å²) in [5.74, 6) is 0. The van der Waals surface area contributed by atoms with Crippen molar-refractivity contribution < 1.29 is 58.2 Å². The fourth-order valence-electron chi connectivity index (χ4n) is 1.10. The molecule has 0 saturated heterocycles. The fourth-order valence-corrected chi connectivity index (χ4v) is 1.10. The summed E-state index contributed by atoms with van der Waals surface area (Å²) in [6.45, 7) is 4.00. The first-order chi connectivity index (χ1) is 4.39. The van der Waals surface area contributed by atoms with E-state index in [9.17, 15) is 0 Å². The van der Waals surface area contributed by atoms with E-state index < -0.39 is 0 Å². The number of nitrogens with one attached hydrogen (secondary N) is 1. The zero-order valence-electron chi connectivity index (χ0n) is 7.61. The maximum absolute atomic E-state index is 7.27. The Bertz CT molecular complexity index is 51.2. The van der Waals surface area contributed by atoms with Gasteiger partial charge in [0.1, 0.15) is 0 Å². The zero-order valence-corrected chi connectivity index (χ0v) is 12.5. The molecule has 0 radical (unpaired) electrons. The number of rotatable bonds is 0. The van der Waals surface area contributed by atoms with Crippen LogP contribution in [0, 0.1) is 0 Å². The number of hydrogen-bond donors (Lipinski definition) is 0. The first-order valence-corrected chi connectivity index (χ1v) is 4.11. The molecule has 0 aliphatic heterocycles. The molecule has 0 unspecified atom stereocenters. The van der Waals surface area contributed by atoms with Crippen LogP contribution in [0.25, 0.3) is 5.73 Å². The predicted molar refractivity (Wildman–Crippen MR) is 42.5 cm³/mol. The van der Waals surface area contributed by atoms with Gasteiger partial charge in [0.2, 0.25) is 0 Å². The van der Waals surface area contributed by atoms with Gasteiger partial charge in [-0.25, -0.2) is 0 Å². The molecule has 0 atom stereocenters. The zero-order chi connectivity index (χ0) is 7.11. The summed E-state index contributed by atoms with van der Waals surface area (Å²) < 4.78 is 0. The van der Waals surface area contributed by atoms with Crippen LogP contribution in [0.15, 0.2) is 0 Å². The summed E-state index contributed by atoms with van der Waals surface area (Å²) in [5.41, 5.74) is 7.27. The largest absolute Gasteiger partial charge is 1.00 e. The molecule has 0 aromatic rings. The Balaban J connectivity index is 0. The standard InChI is InChI=1S/C6H12N.C2H6.Rb/c7-6-4-2-1-3-5-6;1-2;/h6-7H,1-5H2;1-2H3;/q-1;;+1. The van der Waals surface area contributed by atoms with Crippen LogP contribution in [0.2, 0.25) is 0 Å². The molecule has 2 heteroatoms. The topological polar surface area (TPSA) is 23.8 Å². The SMILES string of the molecule is CC.[NH-]C1CCCCC1.[Rb+]. The molecule has 1 aliphatic carbocycles. The average Bonchev–Trinajstić information content (AvgIpc) is 1.94. The van der Waals surface area contributed by atoms with Crippen molar-refractivity contribution in [3.8, 4) is 0 Å². The molecule has 0 aromatic heterocycles. The minimum atomic E-state index is 0. The predicted octanol–water partition coefficient (Wildman–Crippen LogP) is 0.401. The van der Waals surface area contributed by atoms with Crippen molar-refractivity contribution in [3.63, 3.8) is 0 Å². The molecule has 0 heterocycles. The van der Waals surface area contributed by atoms with E-state index in [1.165, 1.54) is 19.3 Å². The van der Waals surface area contributed by atoms with Crippen molar-refractivity contribution in [2.75, 3.05) is 0 Å². The Labute approximate surface area is 114 Å². The minimum Gasteiger partial charge on any atom is -0.675 e. The third kappa shape index (κ3) is 7.87. The Hall–Kier alpha value is 1.77. The van der Waals surface area contributed by atoms with Crippen LogP contribution in [0.1, 0.15) is 46.0 Å². The molecule has 56 valence electrons. The van der Waals surface area contributed by atoms with Gasteiger partial charge in [0.15, 0.2) is 0 Å². The van der Waals surface area contributed by atoms with Crippen LogP contribution in [0.5, 0.6) is 0 Å². The van der Waals surface area contributed by atoms with Gasteiger partial charge in [0.05, 0.1) is 0 Å². The summed E-state index contributed by atoms with van der Waals surface area (Å²) in [6.07, 6.45) is 6.28. The van der Waals surface area contributed by atoms with Crippen LogP contribution in [0.3, 0.4) is 0 Å². The van der Waals surface area contributed by atoms with Gasteiger partial charge in [-0.1, -0.05) is 46.0 Å². The fraction of sp³-hybridized carbons (Fsp3) is 1.00. The van der Waals surface area contributed by atoms with E-state index in [4.69, 9.17) is 5.73 Å². The van der Waals surface area contributed by atoms with Crippen LogP contribution in [0.4, 0.5) is 0 Å². The Morgan fingerprint density at radius 2 is 1.40 bits per heavy atom. The van der Waals surface area contributed by atoms with E-state index in [1.807, 2.05) is 13.8 Å². The van der Waals surface area contributed by atoms with Gasteiger partial charge < -0.3 is 5.73 Å². The quantitative estimate of drug-likeness (QED) is 0.557. The summed E-state index contributed by atoms with van der Waals surface area (Å²) in [4.78, 5) is 0. The number of hydrogen-bond acceptors (Lipinski definition) is 0. The molecule has 1 aliphatic rings. The van der Waals surface area contributed by atoms with Crippen molar-refractivity contribution in [2.24, 2.45) is 0 Å². The molecular formula is C8H18NRb. The van der Waals surface area contributed by atoms with E-state index >= 15 is 0 Å². The third-order valence-corrected chi connectivity index (χ3v) is 1.61. The second-order valence-electron chi connectivity index (χ2n) is 2.33. The van der Waals surface area contributed by atoms with Gasteiger partial charge >= 0.3 is 58.2 Å². The second-order valence-corrected chi connectivity index (χ2v) is 2.33. The van der Waals surface area contributed by atoms with E-state index in [1.54, 1.807) is 0 Å². The summed E-state index contributed by atoms with van der Waals surface area (Å²) >= 11 is 0. The first kappa shape index (κ1) is 14.3. The van der Waals surface area contributed by atoms with Crippen LogP contribution < -0.4 is 58.2 Å². The summed E-state index contributed by atoms with van der Waals surface area (Å²) in [6, 6.07) is 0.286. The van der Waals surface area contributed by atoms with Gasteiger partial charge in [0.25, 0.3) is 0 Å². The van der Waals surface area contributed by atoms with Crippen LogP contribution in [-0.2, 0) is 0 Å². The monoisotopic (exact) mass is 213 g/mol. The second kappa shape index (κ2) is 10.8. The molecule has 1 nitrogen and oxygen atoms in total. The minimum absolute atomic E-state index is 0. The smallest absolute Gasteiger partial charge is 0.675 e. The van der Waals surface area contributed by atoms with Crippen molar-refractivity contribution >= 4 is 0 Å². The average molecular weight is 214 g/mol. The van der Waals surface area contributed by atoms with Crippen LogP contribution >= 0.6 is 0 Å². The van der Waals surface area contributed by atoms with Crippen molar-refractivity contribution in [1.29, 1.82) is 0 Å². The van der Waals surface area contributed by atoms with Crippen molar-refractivity contribution in [1.82, 2.24) is 0 Å². The van der Waals surface area contributed by atoms with Gasteiger partial charge in [-0.3, -0.25) is 0 Å². The van der Waals surface area contributed by atoms with Crippen molar-refractivity contribution in [3.05, 3.63) is 5.73 Å². The molecule has 0 aromatic carbocycles. The van der Waals surface area contributed by atoms with E-state index in [0.717, 1.165) is 12.8 Å². The Morgan fingerprint density at radius 3 is 1.60 bits per heavy atom. The van der Waals surface area contributed by atoms with Gasteiger partial charge in [-0.05, 0) is 0 Å². The summed E-state index contributed by atoms with van der Waals surface area (Å²) in [5, 5.41) is 0. The molecule has 0 spiro atoms. The molecule has 1 saturated carbocycles. The van der Waals surface area contributed by atoms with E-state index in [-0.39, 0.29) is 64.2 Å². The first-order valence-electron chi connectivity index (χ1n) is 4.11. The maximum atomic E-state index is 7.27. The molecule has 1 fully saturated rings. The third-order valence-electron chi connectivity index (χ3n) is 1.61. The summed E-state index contributed by atoms with van der Waals surface area (Å²) in [7, 11) is 0. The van der Waals surface area contributed by atoms with Crippen LogP contribution in [-0.4, -0.2) is 6.04 Å².